The number of thiophene rings is 1. The lowest BCUT2D eigenvalue weighted by atomic mass is 10.1. The molecule has 1 aromatic heterocycles. The van der Waals surface area contributed by atoms with Gasteiger partial charge in [-0.05, 0) is 48.4 Å². The van der Waals surface area contributed by atoms with E-state index in [1.165, 1.54) is 4.88 Å². The van der Waals surface area contributed by atoms with Gasteiger partial charge in [0.25, 0.3) is 0 Å². The van der Waals surface area contributed by atoms with Gasteiger partial charge in [0, 0.05) is 44.1 Å². The van der Waals surface area contributed by atoms with Crippen molar-refractivity contribution in [3.8, 4) is 11.5 Å². The number of nitrogens with one attached hydrogen (secondary N) is 2. The Morgan fingerprint density at radius 1 is 1.14 bits per heavy atom. The molecule has 0 aliphatic carbocycles. The van der Waals surface area contributed by atoms with Crippen LogP contribution in [0.15, 0.2) is 35.7 Å². The van der Waals surface area contributed by atoms with Gasteiger partial charge >= 0.3 is 0 Å². The highest BCUT2D eigenvalue weighted by molar-refractivity contribution is 7.80. The molecule has 2 aliphatic heterocycles. The summed E-state index contributed by atoms with van der Waals surface area (Å²) in [4.78, 5) is 6.32. The molecule has 1 saturated heterocycles. The number of hydrogen-bond donors (Lipinski definition) is 2. The van der Waals surface area contributed by atoms with Crippen molar-refractivity contribution in [1.29, 1.82) is 0 Å². The fourth-order valence-corrected chi connectivity index (χ4v) is 4.53. The number of hydrogen-bond acceptors (Lipinski definition) is 6. The van der Waals surface area contributed by atoms with Crippen LogP contribution in [-0.4, -0.2) is 61.5 Å². The fourth-order valence-electron chi connectivity index (χ4n) is 3.51. The summed E-state index contributed by atoms with van der Waals surface area (Å²) in [5.74, 6) is 1.60. The molecule has 2 aromatic rings. The van der Waals surface area contributed by atoms with Gasteiger partial charge in [0.2, 0.25) is 6.79 Å². The first-order valence-electron chi connectivity index (χ1n) is 9.55. The summed E-state index contributed by atoms with van der Waals surface area (Å²) >= 11 is 7.33. The number of ether oxygens (including phenoxy) is 2. The van der Waals surface area contributed by atoms with Gasteiger partial charge in [-0.3, -0.25) is 4.90 Å². The first-order valence-corrected chi connectivity index (χ1v) is 10.8. The quantitative estimate of drug-likeness (QED) is 0.699. The molecule has 0 radical (unpaired) electrons. The van der Waals surface area contributed by atoms with E-state index in [4.69, 9.17) is 21.7 Å². The highest BCUT2D eigenvalue weighted by Gasteiger charge is 2.24. The maximum Gasteiger partial charge on any atom is 0.231 e. The summed E-state index contributed by atoms with van der Waals surface area (Å²) in [5, 5.41) is 9.54. The van der Waals surface area contributed by atoms with E-state index >= 15 is 0 Å². The molecule has 0 bridgehead atoms. The zero-order chi connectivity index (χ0) is 19.3. The summed E-state index contributed by atoms with van der Waals surface area (Å²) < 4.78 is 10.8. The van der Waals surface area contributed by atoms with Crippen molar-refractivity contribution < 1.29 is 9.47 Å². The van der Waals surface area contributed by atoms with Crippen LogP contribution in [0.3, 0.4) is 0 Å². The molecular weight excluding hydrogens is 392 g/mol. The number of rotatable bonds is 6. The van der Waals surface area contributed by atoms with Gasteiger partial charge in [-0.25, -0.2) is 0 Å². The van der Waals surface area contributed by atoms with Crippen molar-refractivity contribution >= 4 is 28.7 Å². The van der Waals surface area contributed by atoms with E-state index < -0.39 is 0 Å². The van der Waals surface area contributed by atoms with Crippen LogP contribution >= 0.6 is 23.6 Å². The summed E-state index contributed by atoms with van der Waals surface area (Å²) in [6, 6.07) is 10.7. The highest BCUT2D eigenvalue weighted by atomic mass is 32.1. The van der Waals surface area contributed by atoms with Gasteiger partial charge in [0.05, 0.1) is 6.04 Å². The van der Waals surface area contributed by atoms with Crippen molar-refractivity contribution in [1.82, 2.24) is 20.4 Å². The zero-order valence-corrected chi connectivity index (χ0v) is 17.7. The van der Waals surface area contributed by atoms with Crippen LogP contribution < -0.4 is 20.1 Å². The number of likely N-dealkylation sites (N-methyl/N-ethyl adjacent to an activating group) is 1. The fraction of sp³-hybridized carbons (Fsp3) is 0.450. The molecule has 1 fully saturated rings. The number of nitrogens with zero attached hydrogens (tertiary/aromatic N) is 2. The van der Waals surface area contributed by atoms with Crippen LogP contribution in [0.4, 0.5) is 0 Å². The lowest BCUT2D eigenvalue weighted by Gasteiger charge is -2.37. The number of piperazine rings is 1. The monoisotopic (exact) mass is 418 g/mol. The van der Waals surface area contributed by atoms with Crippen LogP contribution in [0.25, 0.3) is 0 Å². The van der Waals surface area contributed by atoms with Gasteiger partial charge in [0.1, 0.15) is 0 Å². The van der Waals surface area contributed by atoms with Gasteiger partial charge in [0.15, 0.2) is 16.6 Å². The molecule has 0 unspecified atom stereocenters. The standard InChI is InChI=1S/C20H26N4O2S2/c1-23-6-8-24(9-7-23)16(19-3-2-10-28-19)13-22-20(27)21-12-15-4-5-17-18(11-15)26-14-25-17/h2-5,10-11,16H,6-9,12-14H2,1H3,(H2,21,22,27)/t16-/m0/s1. The minimum Gasteiger partial charge on any atom is -0.454 e. The summed E-state index contributed by atoms with van der Waals surface area (Å²) in [6.07, 6.45) is 0. The van der Waals surface area contributed by atoms with Gasteiger partial charge in [-0.2, -0.15) is 0 Å². The van der Waals surface area contributed by atoms with Crippen LogP contribution in [0.5, 0.6) is 11.5 Å². The average Bonchev–Trinajstić information content (AvgIpc) is 3.39. The minimum absolute atomic E-state index is 0.294. The average molecular weight is 419 g/mol. The van der Waals surface area contributed by atoms with E-state index in [9.17, 15) is 0 Å². The largest absolute Gasteiger partial charge is 0.454 e. The molecule has 6 nitrogen and oxygen atoms in total. The van der Waals surface area contributed by atoms with E-state index in [2.05, 4.69) is 45.0 Å². The zero-order valence-electron chi connectivity index (χ0n) is 16.0. The maximum absolute atomic E-state index is 5.52. The Hall–Kier alpha value is -1.87. The van der Waals surface area contributed by atoms with E-state index in [0.29, 0.717) is 24.5 Å². The van der Waals surface area contributed by atoms with Gasteiger partial charge in [-0.15, -0.1) is 11.3 Å². The van der Waals surface area contributed by atoms with E-state index in [1.54, 1.807) is 0 Å². The topological polar surface area (TPSA) is 49.0 Å². The summed E-state index contributed by atoms with van der Waals surface area (Å²) in [7, 11) is 2.19. The van der Waals surface area contributed by atoms with Crippen LogP contribution in [0.1, 0.15) is 16.5 Å². The van der Waals surface area contributed by atoms with Crippen molar-refractivity contribution in [3.63, 3.8) is 0 Å². The van der Waals surface area contributed by atoms with E-state index in [1.807, 2.05) is 29.5 Å². The Balaban J connectivity index is 1.30. The smallest absolute Gasteiger partial charge is 0.231 e. The predicted molar refractivity (Wildman–Crippen MR) is 116 cm³/mol. The van der Waals surface area contributed by atoms with Gasteiger partial charge < -0.3 is 25.0 Å². The van der Waals surface area contributed by atoms with E-state index in [0.717, 1.165) is 49.8 Å². The normalized spacial score (nSPS) is 18.0. The molecule has 1 aromatic carbocycles. The third kappa shape index (κ3) is 4.75. The Kier molecular flexibility index (Phi) is 6.31. The molecule has 4 rings (SSSR count). The summed E-state index contributed by atoms with van der Waals surface area (Å²) in [6.45, 7) is 6.13. The van der Waals surface area contributed by atoms with Crippen LogP contribution in [0, 0.1) is 0 Å². The first-order chi connectivity index (χ1) is 13.7. The molecule has 28 heavy (non-hydrogen) atoms. The van der Waals surface area contributed by atoms with Crippen molar-refractivity contribution in [2.24, 2.45) is 0 Å². The lowest BCUT2D eigenvalue weighted by Crippen LogP contribution is -2.49. The first kappa shape index (κ1) is 19.4. The Labute approximate surface area is 175 Å². The van der Waals surface area contributed by atoms with Crippen molar-refractivity contribution in [2.45, 2.75) is 12.6 Å². The molecule has 3 heterocycles. The summed E-state index contributed by atoms with van der Waals surface area (Å²) in [5.41, 5.74) is 1.11. The molecule has 0 spiro atoms. The molecule has 1 atom stereocenters. The van der Waals surface area contributed by atoms with Gasteiger partial charge in [-0.1, -0.05) is 12.1 Å². The number of fused-ring (bicyclic) bond motifs is 1. The molecule has 2 N–H and O–H groups in total. The second-order valence-electron chi connectivity index (χ2n) is 7.12. The van der Waals surface area contributed by atoms with Crippen molar-refractivity contribution in [2.75, 3.05) is 46.6 Å². The maximum atomic E-state index is 5.52. The third-order valence-electron chi connectivity index (χ3n) is 5.20. The van der Waals surface area contributed by atoms with Crippen molar-refractivity contribution in [3.05, 3.63) is 46.2 Å². The molecule has 0 saturated carbocycles. The second kappa shape index (κ2) is 9.09. The SMILES string of the molecule is CN1CCN([C@@H](CNC(=S)NCc2ccc3c(c2)OCO3)c2cccs2)CC1. The molecular formula is C20H26N4O2S2. The molecule has 2 aliphatic rings. The van der Waals surface area contributed by atoms with Crippen LogP contribution in [0.2, 0.25) is 0 Å². The molecule has 0 amide bonds. The molecule has 150 valence electrons. The van der Waals surface area contributed by atoms with E-state index in [-0.39, 0.29) is 0 Å². The molecule has 8 heteroatoms. The number of benzene rings is 1. The Morgan fingerprint density at radius 3 is 2.75 bits per heavy atom. The second-order valence-corrected chi connectivity index (χ2v) is 8.51. The number of thiocarbonyl (C=S) groups is 1. The highest BCUT2D eigenvalue weighted by Crippen LogP contribution is 2.32. The minimum atomic E-state index is 0.294. The lowest BCUT2D eigenvalue weighted by molar-refractivity contribution is 0.114. The predicted octanol–water partition coefficient (Wildman–Crippen LogP) is 2.43. The van der Waals surface area contributed by atoms with Crippen LogP contribution in [-0.2, 0) is 6.54 Å². The third-order valence-corrected chi connectivity index (χ3v) is 6.46. The Bertz CT molecular complexity index is 792. The Morgan fingerprint density at radius 2 is 1.96 bits per heavy atom.